The molecule has 0 saturated carbocycles. The van der Waals surface area contributed by atoms with Gasteiger partial charge in [0.05, 0.1) is 11.4 Å². The Hall–Kier alpha value is -4.07. The average molecular weight is 472 g/mol. The van der Waals surface area contributed by atoms with Crippen molar-refractivity contribution in [2.45, 2.75) is 51.8 Å². The minimum atomic E-state index is -0.565. The number of nitrogens with one attached hydrogen (secondary N) is 1. The van der Waals surface area contributed by atoms with Gasteiger partial charge in [-0.3, -0.25) is 0 Å². The molecule has 180 valence electrons. The van der Waals surface area contributed by atoms with Gasteiger partial charge in [-0.25, -0.2) is 14.8 Å². The average Bonchev–Trinajstić information content (AvgIpc) is 3.29. The van der Waals surface area contributed by atoms with Gasteiger partial charge in [-0.2, -0.15) is 0 Å². The van der Waals surface area contributed by atoms with Gasteiger partial charge in [-0.1, -0.05) is 37.3 Å². The minimum absolute atomic E-state index is 0.00589. The number of nitrogens with two attached hydrogens (primary N) is 1. The van der Waals surface area contributed by atoms with Crippen LogP contribution in [0.2, 0.25) is 0 Å². The highest BCUT2D eigenvalue weighted by Gasteiger charge is 2.37. The Kier molecular flexibility index (Phi) is 5.59. The molecule has 0 radical (unpaired) electrons. The van der Waals surface area contributed by atoms with Crippen molar-refractivity contribution >= 4 is 22.9 Å². The van der Waals surface area contributed by atoms with E-state index < -0.39 is 11.7 Å². The Bertz CT molecular complexity index is 1370. The Morgan fingerprint density at radius 1 is 1.06 bits per heavy atom. The number of anilines is 1. The summed E-state index contributed by atoms with van der Waals surface area (Å²) in [6.45, 7) is 8.22. The van der Waals surface area contributed by atoms with E-state index in [1.165, 1.54) is 6.33 Å². The molecule has 5 rings (SSSR count). The zero-order chi connectivity index (χ0) is 24.7. The topological polar surface area (TPSA) is 104 Å². The molecule has 0 bridgehead atoms. The third-order valence-electron chi connectivity index (χ3n) is 6.15. The van der Waals surface area contributed by atoms with Crippen molar-refractivity contribution in [3.63, 3.8) is 0 Å². The molecule has 8 nitrogen and oxygen atoms in total. The molecule has 1 aliphatic rings. The van der Waals surface area contributed by atoms with Crippen molar-refractivity contribution in [2.75, 3.05) is 5.73 Å². The smallest absolute Gasteiger partial charge is 0.407 e. The molecule has 2 aromatic heterocycles. The van der Waals surface area contributed by atoms with Crippen LogP contribution in [0, 0.1) is 0 Å². The molecule has 2 aromatic carbocycles. The van der Waals surface area contributed by atoms with Crippen LogP contribution < -0.4 is 15.8 Å². The van der Waals surface area contributed by atoms with Gasteiger partial charge < -0.3 is 25.1 Å². The number of carbonyl (C=O) groups excluding carboxylic acids is 1. The first-order valence-corrected chi connectivity index (χ1v) is 11.7. The van der Waals surface area contributed by atoms with E-state index in [0.29, 0.717) is 12.4 Å². The maximum absolute atomic E-state index is 12.5. The van der Waals surface area contributed by atoms with Crippen LogP contribution in [-0.4, -0.2) is 32.3 Å². The Morgan fingerprint density at radius 3 is 2.43 bits per heavy atom. The third-order valence-corrected chi connectivity index (χ3v) is 6.15. The quantitative estimate of drug-likeness (QED) is 0.408. The molecule has 1 amide bonds. The standard InChI is InChI=1S/C27H29N5O3/c1-16-20(31-26(33)35-27(2,3)4)14-32-23(16)21(22-24(28)29-15-30-25(22)32)17-10-12-19(13-11-17)34-18-8-6-5-7-9-18/h5-13,15-16,20H,14H2,1-4H3,(H,31,33)(H2,28,29,30). The second-order valence-corrected chi connectivity index (χ2v) is 9.81. The van der Waals surface area contributed by atoms with Gasteiger partial charge in [-0.15, -0.1) is 0 Å². The summed E-state index contributed by atoms with van der Waals surface area (Å²) >= 11 is 0. The molecule has 0 saturated heterocycles. The first kappa shape index (κ1) is 22.7. The van der Waals surface area contributed by atoms with E-state index in [9.17, 15) is 4.79 Å². The summed E-state index contributed by atoms with van der Waals surface area (Å²) < 4.78 is 13.6. The zero-order valence-electron chi connectivity index (χ0n) is 20.3. The first-order chi connectivity index (χ1) is 16.7. The predicted molar refractivity (Wildman–Crippen MR) is 135 cm³/mol. The summed E-state index contributed by atoms with van der Waals surface area (Å²) in [6.07, 6.45) is 1.05. The van der Waals surface area contributed by atoms with E-state index in [2.05, 4.69) is 26.8 Å². The van der Waals surface area contributed by atoms with E-state index in [0.717, 1.165) is 39.4 Å². The molecule has 3 N–H and O–H groups in total. The molecular weight excluding hydrogens is 442 g/mol. The Balaban J connectivity index is 1.51. The number of amides is 1. The van der Waals surface area contributed by atoms with Crippen LogP contribution >= 0.6 is 0 Å². The second kappa shape index (κ2) is 8.61. The fourth-order valence-electron chi connectivity index (χ4n) is 4.65. The van der Waals surface area contributed by atoms with Crippen LogP contribution in [0.4, 0.5) is 10.6 Å². The largest absolute Gasteiger partial charge is 0.457 e. The number of nitrogen functional groups attached to an aromatic ring is 1. The number of alkyl carbamates (subject to hydrolysis) is 1. The van der Waals surface area contributed by atoms with Crippen LogP contribution in [0.5, 0.6) is 11.5 Å². The van der Waals surface area contributed by atoms with Gasteiger partial charge in [0, 0.05) is 23.7 Å². The molecule has 3 heterocycles. The van der Waals surface area contributed by atoms with Gasteiger partial charge in [0.1, 0.15) is 34.9 Å². The summed E-state index contributed by atoms with van der Waals surface area (Å²) in [4.78, 5) is 21.3. The fourth-order valence-corrected chi connectivity index (χ4v) is 4.65. The first-order valence-electron chi connectivity index (χ1n) is 11.7. The molecule has 2 unspecified atom stereocenters. The predicted octanol–water partition coefficient (Wildman–Crippen LogP) is 5.48. The Morgan fingerprint density at radius 2 is 1.74 bits per heavy atom. The lowest BCUT2D eigenvalue weighted by atomic mass is 9.93. The van der Waals surface area contributed by atoms with Crippen LogP contribution in [0.15, 0.2) is 60.9 Å². The SMILES string of the molecule is CC1c2c(-c3ccc(Oc4ccccc4)cc3)c3c(N)ncnc3n2CC1NC(=O)OC(C)(C)C. The van der Waals surface area contributed by atoms with Gasteiger partial charge in [0.15, 0.2) is 0 Å². The molecule has 1 aliphatic heterocycles. The number of hydrogen-bond donors (Lipinski definition) is 2. The number of aromatic nitrogens is 3. The normalized spacial score (nSPS) is 17.3. The van der Waals surface area contributed by atoms with Crippen LogP contribution in [0.1, 0.15) is 39.3 Å². The summed E-state index contributed by atoms with van der Waals surface area (Å²) in [5.41, 5.74) is 9.55. The van der Waals surface area contributed by atoms with Crippen molar-refractivity contribution in [3.05, 3.63) is 66.6 Å². The molecule has 35 heavy (non-hydrogen) atoms. The third kappa shape index (κ3) is 4.39. The molecule has 0 fully saturated rings. The monoisotopic (exact) mass is 471 g/mol. The maximum Gasteiger partial charge on any atom is 0.407 e. The number of fused-ring (bicyclic) bond motifs is 3. The number of ether oxygens (including phenoxy) is 2. The fraction of sp³-hybridized carbons (Fsp3) is 0.296. The van der Waals surface area contributed by atoms with Gasteiger partial charge >= 0.3 is 6.09 Å². The highest BCUT2D eigenvalue weighted by atomic mass is 16.6. The van der Waals surface area contributed by atoms with Gasteiger partial charge in [-0.05, 0) is 50.6 Å². The highest BCUT2D eigenvalue weighted by molar-refractivity contribution is 6.03. The number of hydrogen-bond acceptors (Lipinski definition) is 6. The van der Waals surface area contributed by atoms with Gasteiger partial charge in [0.25, 0.3) is 0 Å². The van der Waals surface area contributed by atoms with Crippen molar-refractivity contribution in [1.29, 1.82) is 0 Å². The summed E-state index contributed by atoms with van der Waals surface area (Å²) in [6, 6.07) is 17.4. The van der Waals surface area contributed by atoms with Crippen LogP contribution in [-0.2, 0) is 11.3 Å². The highest BCUT2D eigenvalue weighted by Crippen LogP contribution is 2.45. The lowest BCUT2D eigenvalue weighted by molar-refractivity contribution is 0.0498. The molecule has 8 heteroatoms. The van der Waals surface area contributed by atoms with Crippen molar-refractivity contribution in [3.8, 4) is 22.6 Å². The molecule has 4 aromatic rings. The van der Waals surface area contributed by atoms with Crippen LogP contribution in [0.3, 0.4) is 0 Å². The van der Waals surface area contributed by atoms with E-state index in [4.69, 9.17) is 15.2 Å². The van der Waals surface area contributed by atoms with E-state index >= 15 is 0 Å². The number of carbonyl (C=O) groups is 1. The van der Waals surface area contributed by atoms with Gasteiger partial charge in [0.2, 0.25) is 0 Å². The number of nitrogens with zero attached hydrogens (tertiary/aromatic N) is 3. The minimum Gasteiger partial charge on any atom is -0.457 e. The lowest BCUT2D eigenvalue weighted by Crippen LogP contribution is -2.41. The van der Waals surface area contributed by atoms with Crippen molar-refractivity contribution in [1.82, 2.24) is 19.9 Å². The lowest BCUT2D eigenvalue weighted by Gasteiger charge is -2.23. The zero-order valence-corrected chi connectivity index (χ0v) is 20.3. The van der Waals surface area contributed by atoms with Crippen molar-refractivity contribution in [2.24, 2.45) is 0 Å². The van der Waals surface area contributed by atoms with E-state index in [1.54, 1.807) is 0 Å². The number of rotatable bonds is 4. The summed E-state index contributed by atoms with van der Waals surface area (Å²) in [5.74, 6) is 1.95. The van der Waals surface area contributed by atoms with E-state index in [1.807, 2.05) is 75.4 Å². The molecule has 2 atom stereocenters. The maximum atomic E-state index is 12.5. The van der Waals surface area contributed by atoms with Crippen molar-refractivity contribution < 1.29 is 14.3 Å². The summed E-state index contributed by atoms with van der Waals surface area (Å²) in [7, 11) is 0. The second-order valence-electron chi connectivity index (χ2n) is 9.81. The number of benzene rings is 2. The summed E-state index contributed by atoms with van der Waals surface area (Å²) in [5, 5.41) is 3.86. The van der Waals surface area contributed by atoms with E-state index in [-0.39, 0.29) is 12.0 Å². The Labute approximate surface area is 204 Å². The number of para-hydroxylation sites is 1. The molecule has 0 spiro atoms. The van der Waals surface area contributed by atoms with Crippen LogP contribution in [0.25, 0.3) is 22.2 Å². The molecular formula is C27H29N5O3. The molecule has 0 aliphatic carbocycles.